The number of aromatic nitrogens is 3. The first-order valence-electron chi connectivity index (χ1n) is 4.48. The molecule has 1 atom stereocenters. The molecule has 7 nitrogen and oxygen atoms in total. The number of nitrogens with zero attached hydrogens (tertiary/aromatic N) is 3. The molecule has 0 aliphatic rings. The number of hydrogen-bond acceptors (Lipinski definition) is 5. The number of nitrogens with one attached hydrogen (secondary N) is 1. The van der Waals surface area contributed by atoms with Crippen LogP contribution in [0, 0.1) is 0 Å². The Morgan fingerprint density at radius 2 is 2.56 bits per heavy atom. The van der Waals surface area contributed by atoms with Gasteiger partial charge >= 0.3 is 5.97 Å². The molecule has 2 N–H and O–H groups in total. The summed E-state index contributed by atoms with van der Waals surface area (Å²) in [5, 5.41) is 14.9. The molecule has 0 saturated carbocycles. The van der Waals surface area contributed by atoms with Crippen LogP contribution >= 0.6 is 11.8 Å². The van der Waals surface area contributed by atoms with Crippen LogP contribution in [-0.4, -0.2) is 44.0 Å². The smallest absolute Gasteiger partial charge is 0.327 e. The van der Waals surface area contributed by atoms with Crippen LogP contribution in [0.2, 0.25) is 0 Å². The zero-order chi connectivity index (χ0) is 12.0. The van der Waals surface area contributed by atoms with Gasteiger partial charge in [0.05, 0.1) is 5.75 Å². The summed E-state index contributed by atoms with van der Waals surface area (Å²) >= 11 is 1.38. The number of amides is 1. The van der Waals surface area contributed by atoms with Gasteiger partial charge in [0.25, 0.3) is 0 Å². The van der Waals surface area contributed by atoms with E-state index in [-0.39, 0.29) is 0 Å². The predicted octanol–water partition coefficient (Wildman–Crippen LogP) is -0.752. The molecule has 16 heavy (non-hydrogen) atoms. The van der Waals surface area contributed by atoms with Gasteiger partial charge in [-0.1, -0.05) is 0 Å². The van der Waals surface area contributed by atoms with Crippen molar-refractivity contribution in [2.45, 2.75) is 11.8 Å². The second-order valence-electron chi connectivity index (χ2n) is 2.99. The molecule has 88 valence electrons. The Morgan fingerprint density at radius 1 is 1.81 bits per heavy atom. The Morgan fingerprint density at radius 3 is 3.06 bits per heavy atom. The van der Waals surface area contributed by atoms with Gasteiger partial charge in [0.2, 0.25) is 6.41 Å². The minimum Gasteiger partial charge on any atom is -0.480 e. The maximum atomic E-state index is 10.7. The van der Waals surface area contributed by atoms with Gasteiger partial charge in [0.1, 0.15) is 18.2 Å². The topological polar surface area (TPSA) is 97.1 Å². The molecule has 0 bridgehead atoms. The third kappa shape index (κ3) is 3.54. The Labute approximate surface area is 96.2 Å². The number of carboxylic acid groups (broad SMARTS) is 1. The van der Waals surface area contributed by atoms with Crippen molar-refractivity contribution in [3.63, 3.8) is 0 Å². The van der Waals surface area contributed by atoms with E-state index in [1.54, 1.807) is 11.7 Å². The van der Waals surface area contributed by atoms with Crippen molar-refractivity contribution in [2.75, 3.05) is 5.75 Å². The monoisotopic (exact) mass is 244 g/mol. The van der Waals surface area contributed by atoms with Crippen molar-refractivity contribution < 1.29 is 14.7 Å². The van der Waals surface area contributed by atoms with E-state index in [0.717, 1.165) is 5.82 Å². The summed E-state index contributed by atoms with van der Waals surface area (Å²) in [7, 11) is 1.77. The lowest BCUT2D eigenvalue weighted by Gasteiger charge is -2.09. The first-order valence-corrected chi connectivity index (χ1v) is 5.63. The second kappa shape index (κ2) is 6.11. The third-order valence-corrected chi connectivity index (χ3v) is 2.92. The lowest BCUT2D eigenvalue weighted by Crippen LogP contribution is -2.37. The highest BCUT2D eigenvalue weighted by atomic mass is 32.2. The SMILES string of the molecule is Cn1ncnc1CSCC(NC=O)C(=O)O. The van der Waals surface area contributed by atoms with Gasteiger partial charge in [-0.05, 0) is 0 Å². The zero-order valence-corrected chi connectivity index (χ0v) is 9.48. The molecule has 1 aromatic rings. The van der Waals surface area contributed by atoms with E-state index in [4.69, 9.17) is 5.11 Å². The number of rotatable bonds is 7. The lowest BCUT2D eigenvalue weighted by atomic mass is 10.3. The molecule has 0 aliphatic heterocycles. The molecule has 0 spiro atoms. The summed E-state index contributed by atoms with van der Waals surface area (Å²) in [4.78, 5) is 24.8. The van der Waals surface area contributed by atoms with Gasteiger partial charge in [0.15, 0.2) is 0 Å². The summed E-state index contributed by atoms with van der Waals surface area (Å²) < 4.78 is 1.62. The fourth-order valence-electron chi connectivity index (χ4n) is 0.992. The quantitative estimate of drug-likeness (QED) is 0.612. The van der Waals surface area contributed by atoms with Crippen LogP contribution in [0.4, 0.5) is 0 Å². The van der Waals surface area contributed by atoms with Crippen molar-refractivity contribution in [3.8, 4) is 0 Å². The van der Waals surface area contributed by atoms with Gasteiger partial charge in [-0.3, -0.25) is 9.48 Å². The van der Waals surface area contributed by atoms with Gasteiger partial charge < -0.3 is 10.4 Å². The lowest BCUT2D eigenvalue weighted by molar-refractivity contribution is -0.139. The molecule has 0 aromatic carbocycles. The van der Waals surface area contributed by atoms with E-state index in [9.17, 15) is 9.59 Å². The Balaban J connectivity index is 2.36. The second-order valence-corrected chi connectivity index (χ2v) is 4.02. The molecule has 1 aromatic heterocycles. The number of carboxylic acids is 1. The molecule has 1 heterocycles. The van der Waals surface area contributed by atoms with E-state index >= 15 is 0 Å². The molecule has 1 amide bonds. The van der Waals surface area contributed by atoms with Crippen molar-refractivity contribution in [1.29, 1.82) is 0 Å². The average Bonchev–Trinajstić information content (AvgIpc) is 2.63. The Bertz CT molecular complexity index is 368. The van der Waals surface area contributed by atoms with E-state index in [2.05, 4.69) is 15.4 Å². The summed E-state index contributed by atoms with van der Waals surface area (Å²) in [6, 6.07) is -0.865. The number of aryl methyl sites for hydroxylation is 1. The maximum absolute atomic E-state index is 10.7. The van der Waals surface area contributed by atoms with Crippen LogP contribution in [-0.2, 0) is 22.4 Å². The largest absolute Gasteiger partial charge is 0.480 e. The van der Waals surface area contributed by atoms with Gasteiger partial charge in [-0.15, -0.1) is 0 Å². The highest BCUT2D eigenvalue weighted by Crippen LogP contribution is 2.10. The van der Waals surface area contributed by atoms with Crippen LogP contribution < -0.4 is 5.32 Å². The highest BCUT2D eigenvalue weighted by molar-refractivity contribution is 7.98. The third-order valence-electron chi connectivity index (χ3n) is 1.89. The van der Waals surface area contributed by atoms with Gasteiger partial charge in [-0.25, -0.2) is 9.78 Å². The minimum absolute atomic E-state index is 0.293. The first-order chi connectivity index (χ1) is 7.65. The Hall–Kier alpha value is -1.57. The summed E-state index contributed by atoms with van der Waals surface area (Å²) in [6.45, 7) is 0. The van der Waals surface area contributed by atoms with Crippen molar-refractivity contribution in [3.05, 3.63) is 12.2 Å². The maximum Gasteiger partial charge on any atom is 0.327 e. The Kier molecular flexibility index (Phi) is 4.77. The molecule has 8 heteroatoms. The molecule has 0 aliphatic carbocycles. The normalized spacial score (nSPS) is 12.1. The van der Waals surface area contributed by atoms with Crippen LogP contribution in [0.1, 0.15) is 5.82 Å². The fraction of sp³-hybridized carbons (Fsp3) is 0.500. The number of hydrogen-bond donors (Lipinski definition) is 2. The molecule has 1 rings (SSSR count). The predicted molar refractivity (Wildman–Crippen MR) is 57.8 cm³/mol. The van der Waals surface area contributed by atoms with E-state index < -0.39 is 12.0 Å². The number of carbonyl (C=O) groups excluding carboxylic acids is 1. The number of aliphatic carboxylic acids is 1. The molecular formula is C8H12N4O3S. The molecule has 0 radical (unpaired) electrons. The van der Waals surface area contributed by atoms with Crippen LogP contribution in [0.5, 0.6) is 0 Å². The van der Waals surface area contributed by atoms with Crippen molar-refractivity contribution >= 4 is 24.1 Å². The van der Waals surface area contributed by atoms with E-state index in [0.29, 0.717) is 17.9 Å². The summed E-state index contributed by atoms with van der Waals surface area (Å²) in [6.07, 6.45) is 1.83. The molecule has 1 unspecified atom stereocenters. The molecule has 0 saturated heterocycles. The molecule has 0 fully saturated rings. The molecular weight excluding hydrogens is 232 g/mol. The zero-order valence-electron chi connectivity index (χ0n) is 8.66. The van der Waals surface area contributed by atoms with E-state index in [1.165, 1.54) is 18.1 Å². The minimum atomic E-state index is -1.04. The number of thioether (sulfide) groups is 1. The highest BCUT2D eigenvalue weighted by Gasteiger charge is 2.16. The van der Waals surface area contributed by atoms with Crippen LogP contribution in [0.3, 0.4) is 0 Å². The summed E-state index contributed by atoms with van der Waals surface area (Å²) in [5.41, 5.74) is 0. The van der Waals surface area contributed by atoms with Crippen LogP contribution in [0.15, 0.2) is 6.33 Å². The van der Waals surface area contributed by atoms with Crippen molar-refractivity contribution in [2.24, 2.45) is 7.05 Å². The summed E-state index contributed by atoms with van der Waals surface area (Å²) in [5.74, 6) is 0.569. The van der Waals surface area contributed by atoms with Gasteiger partial charge in [0, 0.05) is 12.8 Å². The number of carbonyl (C=O) groups is 2. The fourth-order valence-corrected chi connectivity index (χ4v) is 2.03. The average molecular weight is 244 g/mol. The van der Waals surface area contributed by atoms with Crippen LogP contribution in [0.25, 0.3) is 0 Å². The van der Waals surface area contributed by atoms with Gasteiger partial charge in [-0.2, -0.15) is 16.9 Å². The van der Waals surface area contributed by atoms with E-state index in [1.807, 2.05) is 0 Å². The standard InChI is InChI=1S/C8H12N4O3S/c1-12-7(9-4-11-12)3-16-2-6(8(14)15)10-5-13/h4-6H,2-3H2,1H3,(H,10,13)(H,14,15). The van der Waals surface area contributed by atoms with Crippen molar-refractivity contribution in [1.82, 2.24) is 20.1 Å². The first kappa shape index (κ1) is 12.5.